The third-order valence-electron chi connectivity index (χ3n) is 13.1. The van der Waals surface area contributed by atoms with Gasteiger partial charge in [-0.15, -0.1) is 0 Å². The van der Waals surface area contributed by atoms with Crippen LogP contribution in [-0.4, -0.2) is 100 Å². The summed E-state index contributed by atoms with van der Waals surface area (Å²) in [5, 5.41) is 11.1. The van der Waals surface area contributed by atoms with Crippen molar-refractivity contribution >= 4 is 50.2 Å². The average molecular weight is 901 g/mol. The minimum absolute atomic E-state index is 0.0217. The number of likely N-dealkylation sites (tertiary alicyclic amines) is 1. The number of nitrogens with zero attached hydrogens (tertiary/aromatic N) is 5. The van der Waals surface area contributed by atoms with E-state index in [1.165, 1.54) is 56.9 Å². The molecule has 2 aromatic heterocycles. The Morgan fingerprint density at radius 2 is 1.69 bits per heavy atom. The number of sulfone groups is 1. The van der Waals surface area contributed by atoms with Crippen molar-refractivity contribution < 1.29 is 32.3 Å². The minimum Gasteiger partial charge on any atom is -0.492 e. The molecular formula is C48H68N8O7S. The fourth-order valence-corrected chi connectivity index (χ4v) is 10.1. The summed E-state index contributed by atoms with van der Waals surface area (Å²) in [6, 6.07) is 8.31. The molecule has 0 aliphatic carbocycles. The number of hydrogen-bond acceptors (Lipinski definition) is 12. The second-order valence-electron chi connectivity index (χ2n) is 18.5. The van der Waals surface area contributed by atoms with Crippen LogP contribution in [0.25, 0.3) is 10.9 Å². The van der Waals surface area contributed by atoms with Crippen molar-refractivity contribution in [2.24, 2.45) is 11.7 Å². The number of unbranched alkanes of at least 4 members (excludes halogenated alkanes) is 7. The molecule has 0 radical (unpaired) electrons. The Labute approximate surface area is 378 Å². The number of hydrogen-bond donors (Lipinski definition) is 3. The molecule has 1 unspecified atom stereocenters. The molecule has 0 spiro atoms. The van der Waals surface area contributed by atoms with Crippen LogP contribution in [0.1, 0.15) is 137 Å². The van der Waals surface area contributed by atoms with Crippen LogP contribution in [0.4, 0.5) is 11.6 Å². The van der Waals surface area contributed by atoms with E-state index in [0.29, 0.717) is 52.9 Å². The zero-order valence-electron chi connectivity index (χ0n) is 38.6. The summed E-state index contributed by atoms with van der Waals surface area (Å²) in [6.45, 7) is 13.0. The molecule has 4 N–H and O–H groups in total. The van der Waals surface area contributed by atoms with Gasteiger partial charge in [-0.1, -0.05) is 50.7 Å². The summed E-state index contributed by atoms with van der Waals surface area (Å²) >= 11 is 0. The van der Waals surface area contributed by atoms with Crippen LogP contribution in [0, 0.1) is 19.8 Å². The minimum atomic E-state index is -3.76. The summed E-state index contributed by atoms with van der Waals surface area (Å²) in [5.74, 6) is 0.690. The first-order chi connectivity index (χ1) is 30.6. The Morgan fingerprint density at radius 1 is 0.984 bits per heavy atom. The summed E-state index contributed by atoms with van der Waals surface area (Å²) < 4.78 is 37.8. The number of carbonyl (C=O) groups is 3. The quantitative estimate of drug-likeness (QED) is 0.0481. The summed E-state index contributed by atoms with van der Waals surface area (Å²) in [4.78, 5) is 50.3. The monoisotopic (exact) mass is 900 g/mol. The number of H-pyrrole nitrogens is 1. The molecule has 2 aliphatic heterocycles. The smallest absolute Gasteiger partial charge is 0.305 e. The number of amides is 2. The molecule has 16 heteroatoms. The number of aromatic amines is 1. The third-order valence-corrected chi connectivity index (χ3v) is 15.6. The molecule has 15 nitrogen and oxygen atoms in total. The number of nitrogens with one attached hydrogen (secondary N) is 2. The van der Waals surface area contributed by atoms with Crippen LogP contribution in [0.5, 0.6) is 5.75 Å². The van der Waals surface area contributed by atoms with Crippen LogP contribution in [0.15, 0.2) is 41.6 Å². The zero-order chi connectivity index (χ0) is 46.0. The van der Waals surface area contributed by atoms with E-state index < -0.39 is 32.5 Å². The normalized spacial score (nSPS) is 15.4. The van der Waals surface area contributed by atoms with E-state index in [1.807, 2.05) is 26.0 Å². The number of nitrogens with two attached hydrogens (primary N) is 1. The lowest BCUT2D eigenvalue weighted by atomic mass is 9.94. The molecule has 2 amide bonds. The summed E-state index contributed by atoms with van der Waals surface area (Å²) in [5.41, 5.74) is 10.8. The highest BCUT2D eigenvalue weighted by atomic mass is 32.2. The number of aryl methyl sites for hydroxylation is 2. The number of primary amides is 1. The molecule has 0 bridgehead atoms. The molecule has 64 heavy (non-hydrogen) atoms. The predicted octanol–water partition coefficient (Wildman–Crippen LogP) is 7.89. The number of benzene rings is 2. The maximum Gasteiger partial charge on any atom is 0.305 e. The van der Waals surface area contributed by atoms with Gasteiger partial charge in [-0.3, -0.25) is 19.5 Å². The average Bonchev–Trinajstić information content (AvgIpc) is 3.77. The van der Waals surface area contributed by atoms with Gasteiger partial charge in [0.1, 0.15) is 28.8 Å². The molecule has 348 valence electrons. The number of rotatable bonds is 23. The summed E-state index contributed by atoms with van der Waals surface area (Å²) in [6.07, 6.45) is 15.1. The standard InChI is InChI=1S/C48H68N8O7S/c1-32-33(2)53-54-45(32)52-46-37-28-42(64(60,61)48(3,4)5)41(29-39(37)50-31-51-46)63-27-23-34-21-25-55(26-22-34)24-14-12-10-8-7-9-11-13-16-35-17-15-18-36-38(35)30-56(47(36)59)40(44(49)58)19-20-43(57)62-6/h15,17-18,28-29,31,34,40H,7-14,16,19-27,30H2,1-6H3,(H2,49,58)(H2,50,51,52,53,54). The van der Waals surface area contributed by atoms with Crippen molar-refractivity contribution in [2.45, 2.75) is 147 Å². The van der Waals surface area contributed by atoms with Gasteiger partial charge < -0.3 is 30.3 Å². The maximum absolute atomic E-state index is 13.9. The van der Waals surface area contributed by atoms with Gasteiger partial charge in [-0.2, -0.15) is 5.10 Å². The van der Waals surface area contributed by atoms with E-state index in [-0.39, 0.29) is 23.6 Å². The van der Waals surface area contributed by atoms with Gasteiger partial charge in [0.05, 0.1) is 24.0 Å². The van der Waals surface area contributed by atoms with Gasteiger partial charge in [0, 0.05) is 41.2 Å². The van der Waals surface area contributed by atoms with Gasteiger partial charge in [-0.05, 0) is 128 Å². The van der Waals surface area contributed by atoms with Crippen molar-refractivity contribution in [1.82, 2.24) is 30.0 Å². The lowest BCUT2D eigenvalue weighted by molar-refractivity contribution is -0.141. The van der Waals surface area contributed by atoms with Crippen LogP contribution in [-0.2, 0) is 37.1 Å². The first kappa shape index (κ1) is 48.4. The van der Waals surface area contributed by atoms with Crippen molar-refractivity contribution in [1.29, 1.82) is 0 Å². The molecule has 2 aliphatic rings. The van der Waals surface area contributed by atoms with Crippen molar-refractivity contribution in [3.8, 4) is 5.75 Å². The largest absolute Gasteiger partial charge is 0.492 e. The van der Waals surface area contributed by atoms with E-state index in [9.17, 15) is 22.8 Å². The fourth-order valence-electron chi connectivity index (χ4n) is 8.79. The molecule has 1 fully saturated rings. The Kier molecular flexibility index (Phi) is 16.4. The highest BCUT2D eigenvalue weighted by molar-refractivity contribution is 7.92. The molecule has 4 aromatic rings. The Hall–Kier alpha value is -5.09. The van der Waals surface area contributed by atoms with E-state index in [2.05, 4.69) is 36.4 Å². The number of fused-ring (bicyclic) bond motifs is 2. The first-order valence-corrected chi connectivity index (χ1v) is 24.5. The highest BCUT2D eigenvalue weighted by Gasteiger charge is 2.37. The lowest BCUT2D eigenvalue weighted by Crippen LogP contribution is -2.45. The second kappa shape index (κ2) is 21.7. The Balaban J connectivity index is 0.872. The number of piperidine rings is 1. The van der Waals surface area contributed by atoms with Crippen LogP contribution < -0.4 is 15.8 Å². The number of ether oxygens (including phenoxy) is 2. The number of esters is 1. The molecular weight excluding hydrogens is 833 g/mol. The van der Waals surface area contributed by atoms with Crippen LogP contribution in [0.2, 0.25) is 0 Å². The van der Waals surface area contributed by atoms with Crippen LogP contribution in [0.3, 0.4) is 0 Å². The highest BCUT2D eigenvalue weighted by Crippen LogP contribution is 2.38. The van der Waals surface area contributed by atoms with Gasteiger partial charge >= 0.3 is 5.97 Å². The Bertz CT molecular complexity index is 2370. The topological polar surface area (TPSA) is 203 Å². The zero-order valence-corrected chi connectivity index (χ0v) is 39.4. The van der Waals surface area contributed by atoms with Crippen molar-refractivity contribution in [3.05, 3.63) is 64.6 Å². The van der Waals surface area contributed by atoms with E-state index >= 15 is 0 Å². The number of methoxy groups -OCH3 is 1. The maximum atomic E-state index is 13.9. The molecule has 1 saturated heterocycles. The number of aromatic nitrogens is 4. The van der Waals surface area contributed by atoms with Crippen molar-refractivity contribution in [2.75, 3.05) is 38.7 Å². The molecule has 1 atom stereocenters. The van der Waals surface area contributed by atoms with E-state index in [4.69, 9.17) is 15.2 Å². The first-order valence-electron chi connectivity index (χ1n) is 23.0. The Morgan fingerprint density at radius 3 is 2.34 bits per heavy atom. The third kappa shape index (κ3) is 11.8. The number of carbonyl (C=O) groups excluding carboxylic acids is 3. The van der Waals surface area contributed by atoms with Gasteiger partial charge in [0.2, 0.25) is 5.91 Å². The molecule has 6 rings (SSSR count). The SMILES string of the molecule is COC(=O)CCC(C(N)=O)N1Cc2c(CCCCCCCCCCN3CCC(CCOc4cc5ncnc(Nc6n[nH]c(C)c6C)c5cc4S(=O)(=O)C(C)(C)C)CC3)cccc2C1=O. The van der Waals surface area contributed by atoms with Crippen LogP contribution >= 0.6 is 0 Å². The van der Waals surface area contributed by atoms with E-state index in [1.54, 1.807) is 32.9 Å². The number of anilines is 2. The summed E-state index contributed by atoms with van der Waals surface area (Å²) in [7, 11) is -2.46. The fraction of sp³-hybridized carbons (Fsp3) is 0.583. The van der Waals surface area contributed by atoms with Gasteiger partial charge in [0.25, 0.3) is 5.91 Å². The van der Waals surface area contributed by atoms with Gasteiger partial charge in [0.15, 0.2) is 15.7 Å². The van der Waals surface area contributed by atoms with E-state index in [0.717, 1.165) is 80.5 Å². The molecule has 4 heterocycles. The molecule has 2 aromatic carbocycles. The lowest BCUT2D eigenvalue weighted by Gasteiger charge is -2.32. The second-order valence-corrected chi connectivity index (χ2v) is 21.2. The predicted molar refractivity (Wildman–Crippen MR) is 248 cm³/mol. The van der Waals surface area contributed by atoms with Crippen molar-refractivity contribution in [3.63, 3.8) is 0 Å². The molecule has 0 saturated carbocycles. The van der Waals surface area contributed by atoms with Gasteiger partial charge in [-0.25, -0.2) is 18.4 Å².